The molecule has 1 saturated carbocycles. The number of aromatic nitrogens is 1. The number of aryl methyl sites for hydroxylation is 2. The highest BCUT2D eigenvalue weighted by atomic mass is 16.4. The normalized spacial score (nSPS) is 19.5. The van der Waals surface area contributed by atoms with E-state index in [0.717, 1.165) is 36.9 Å². The summed E-state index contributed by atoms with van der Waals surface area (Å²) in [7, 11) is 0. The number of nitrogens with zero attached hydrogens (tertiary/aromatic N) is 2. The smallest absolute Gasteiger partial charge is 0.306 e. The summed E-state index contributed by atoms with van der Waals surface area (Å²) in [6.07, 6.45) is 5.63. The number of hydrogen-bond donors (Lipinski definition) is 2. The van der Waals surface area contributed by atoms with Crippen LogP contribution in [0.15, 0.2) is 72.0 Å². The molecule has 176 valence electrons. The van der Waals surface area contributed by atoms with Gasteiger partial charge in [-0.1, -0.05) is 53.7 Å². The minimum absolute atomic E-state index is 0.0392. The van der Waals surface area contributed by atoms with Gasteiger partial charge in [-0.25, -0.2) is 0 Å². The number of carboxylic acids is 1. The van der Waals surface area contributed by atoms with Gasteiger partial charge >= 0.3 is 5.97 Å². The molecule has 4 rings (SSSR count). The average Bonchev–Trinajstić information content (AvgIpc) is 2.86. The molecule has 0 aliphatic heterocycles. The van der Waals surface area contributed by atoms with Crippen molar-refractivity contribution in [2.24, 2.45) is 11.1 Å². The van der Waals surface area contributed by atoms with Gasteiger partial charge in [0, 0.05) is 29.8 Å². The fourth-order valence-electron chi connectivity index (χ4n) is 5.19. The van der Waals surface area contributed by atoms with Crippen LogP contribution in [0.2, 0.25) is 0 Å². The third-order valence-electron chi connectivity index (χ3n) is 7.20. The second kappa shape index (κ2) is 10.6. The number of pyridine rings is 1. The zero-order valence-corrected chi connectivity index (χ0v) is 19.8. The molecule has 34 heavy (non-hydrogen) atoms. The Hall–Kier alpha value is -3.47. The Kier molecular flexibility index (Phi) is 7.41. The molecule has 5 nitrogen and oxygen atoms in total. The molecule has 0 spiro atoms. The fraction of sp³-hybridized carbons (Fsp3) is 0.345. The zero-order chi connectivity index (χ0) is 24.1. The summed E-state index contributed by atoms with van der Waals surface area (Å²) in [5.41, 5.74) is 7.25. The van der Waals surface area contributed by atoms with Gasteiger partial charge in [-0.3, -0.25) is 9.78 Å². The minimum Gasteiger partial charge on any atom is -0.481 e. The number of rotatable bonds is 7. The molecular formula is C29H32N2O3. The molecule has 0 bridgehead atoms. The van der Waals surface area contributed by atoms with Gasteiger partial charge in [0.15, 0.2) is 0 Å². The lowest BCUT2D eigenvalue weighted by Gasteiger charge is -2.27. The van der Waals surface area contributed by atoms with E-state index in [0.29, 0.717) is 18.1 Å². The van der Waals surface area contributed by atoms with Crippen LogP contribution in [-0.2, 0) is 4.79 Å². The predicted octanol–water partition coefficient (Wildman–Crippen LogP) is 6.46. The van der Waals surface area contributed by atoms with E-state index in [2.05, 4.69) is 59.5 Å². The highest BCUT2D eigenvalue weighted by Gasteiger charge is 2.27. The Morgan fingerprint density at radius 1 is 1.03 bits per heavy atom. The molecule has 1 heterocycles. The van der Waals surface area contributed by atoms with Gasteiger partial charge in [0.1, 0.15) is 0 Å². The van der Waals surface area contributed by atoms with Crippen LogP contribution in [0.4, 0.5) is 0 Å². The molecule has 1 aromatic heterocycles. The van der Waals surface area contributed by atoms with Crippen LogP contribution < -0.4 is 0 Å². The highest BCUT2D eigenvalue weighted by molar-refractivity contribution is 6.01. The van der Waals surface area contributed by atoms with Crippen LogP contribution in [0.1, 0.15) is 77.5 Å². The summed E-state index contributed by atoms with van der Waals surface area (Å²) >= 11 is 0. The molecule has 1 aliphatic rings. The first-order chi connectivity index (χ1) is 16.5. The third-order valence-corrected chi connectivity index (χ3v) is 7.20. The van der Waals surface area contributed by atoms with Gasteiger partial charge in [0.05, 0.1) is 11.6 Å². The van der Waals surface area contributed by atoms with Crippen molar-refractivity contribution < 1.29 is 15.1 Å². The van der Waals surface area contributed by atoms with Crippen molar-refractivity contribution in [1.29, 1.82) is 0 Å². The molecule has 0 unspecified atom stereocenters. The topological polar surface area (TPSA) is 82.8 Å². The second-order valence-electron chi connectivity index (χ2n) is 9.40. The number of hydrogen-bond acceptors (Lipinski definition) is 4. The Morgan fingerprint density at radius 2 is 1.74 bits per heavy atom. The predicted molar refractivity (Wildman–Crippen MR) is 134 cm³/mol. The van der Waals surface area contributed by atoms with E-state index >= 15 is 0 Å². The Bertz CT molecular complexity index is 1160. The number of aliphatic carboxylic acids is 1. The summed E-state index contributed by atoms with van der Waals surface area (Å²) in [5, 5.41) is 22.8. The van der Waals surface area contributed by atoms with Crippen molar-refractivity contribution in [2.45, 2.75) is 57.8 Å². The van der Waals surface area contributed by atoms with E-state index in [4.69, 9.17) is 0 Å². The maximum Gasteiger partial charge on any atom is 0.306 e. The monoisotopic (exact) mass is 456 g/mol. The second-order valence-corrected chi connectivity index (χ2v) is 9.40. The van der Waals surface area contributed by atoms with Crippen LogP contribution in [0.25, 0.3) is 0 Å². The molecule has 1 atom stereocenters. The Labute approximate surface area is 201 Å². The lowest BCUT2D eigenvalue weighted by Crippen LogP contribution is -2.20. The number of benzene rings is 2. The van der Waals surface area contributed by atoms with Crippen LogP contribution >= 0.6 is 0 Å². The molecule has 3 aromatic rings. The van der Waals surface area contributed by atoms with E-state index in [1.54, 1.807) is 6.20 Å². The lowest BCUT2D eigenvalue weighted by atomic mass is 9.78. The molecule has 1 aliphatic carbocycles. The maximum absolute atomic E-state index is 11.3. The summed E-state index contributed by atoms with van der Waals surface area (Å²) in [4.78, 5) is 15.5. The summed E-state index contributed by atoms with van der Waals surface area (Å²) in [5.74, 6) is -0.414. The molecule has 0 radical (unpaired) electrons. The molecule has 0 amide bonds. The van der Waals surface area contributed by atoms with Gasteiger partial charge in [-0.15, -0.1) is 0 Å². The van der Waals surface area contributed by atoms with Crippen LogP contribution in [0.3, 0.4) is 0 Å². The summed E-state index contributed by atoms with van der Waals surface area (Å²) in [6.45, 7) is 4.05. The quantitative estimate of drug-likeness (QED) is 0.243. The van der Waals surface area contributed by atoms with Crippen molar-refractivity contribution in [2.75, 3.05) is 0 Å². The summed E-state index contributed by atoms with van der Waals surface area (Å²) < 4.78 is 0. The van der Waals surface area contributed by atoms with E-state index < -0.39 is 5.97 Å². The molecule has 5 heteroatoms. The molecular weight excluding hydrogens is 424 g/mol. The van der Waals surface area contributed by atoms with E-state index in [1.165, 1.54) is 22.3 Å². The van der Waals surface area contributed by atoms with Crippen molar-refractivity contribution in [3.05, 3.63) is 100 Å². The Balaban J connectivity index is 1.61. The van der Waals surface area contributed by atoms with Gasteiger partial charge in [-0.05, 0) is 79.8 Å². The van der Waals surface area contributed by atoms with Gasteiger partial charge in [0.2, 0.25) is 0 Å². The van der Waals surface area contributed by atoms with E-state index in [9.17, 15) is 15.1 Å². The van der Waals surface area contributed by atoms with Crippen molar-refractivity contribution in [1.82, 2.24) is 4.98 Å². The highest BCUT2D eigenvalue weighted by Crippen LogP contribution is 2.37. The summed E-state index contributed by atoms with van der Waals surface area (Å²) in [6, 6.07) is 20.9. The SMILES string of the molecule is Cc1cc(C(C[C@H](c2ccc([C@H]3CC[C@@H](C(=O)O)CC3)cc2)c2ccccc2C)=NO)ccn1. The van der Waals surface area contributed by atoms with Gasteiger partial charge < -0.3 is 10.3 Å². The minimum atomic E-state index is -0.666. The first-order valence-electron chi connectivity index (χ1n) is 12.0. The van der Waals surface area contributed by atoms with Crippen molar-refractivity contribution >= 4 is 11.7 Å². The average molecular weight is 457 g/mol. The van der Waals surface area contributed by atoms with Crippen LogP contribution in [-0.4, -0.2) is 27.0 Å². The van der Waals surface area contributed by atoms with E-state index in [1.807, 2.05) is 25.1 Å². The molecule has 2 N–H and O–H groups in total. The molecule has 1 fully saturated rings. The van der Waals surface area contributed by atoms with Gasteiger partial charge in [-0.2, -0.15) is 0 Å². The van der Waals surface area contributed by atoms with Gasteiger partial charge in [0.25, 0.3) is 0 Å². The zero-order valence-electron chi connectivity index (χ0n) is 19.8. The standard InChI is InChI=1S/C29H32N2O3/c1-19-5-3-4-6-26(19)27(18-28(31-34)25-15-16-30-20(2)17-25)23-11-7-21(8-12-23)22-9-13-24(14-10-22)29(32)33/h3-8,11-12,15-17,22,24,27,34H,9-10,13-14,18H2,1-2H3,(H,32,33)/t22-,24+,27-/m1/s1. The number of carboxylic acid groups (broad SMARTS) is 1. The Morgan fingerprint density at radius 3 is 2.35 bits per heavy atom. The third kappa shape index (κ3) is 5.36. The van der Waals surface area contributed by atoms with E-state index in [-0.39, 0.29) is 11.8 Å². The number of carbonyl (C=O) groups is 1. The van der Waals surface area contributed by atoms with Crippen LogP contribution in [0.5, 0.6) is 0 Å². The fourth-order valence-corrected chi connectivity index (χ4v) is 5.19. The first kappa shape index (κ1) is 23.7. The number of oxime groups is 1. The molecule has 0 saturated heterocycles. The lowest BCUT2D eigenvalue weighted by molar-refractivity contribution is -0.142. The maximum atomic E-state index is 11.3. The largest absolute Gasteiger partial charge is 0.481 e. The molecule has 2 aromatic carbocycles. The van der Waals surface area contributed by atoms with Crippen molar-refractivity contribution in [3.8, 4) is 0 Å². The first-order valence-corrected chi connectivity index (χ1v) is 12.0. The van der Waals surface area contributed by atoms with Crippen LogP contribution in [0, 0.1) is 19.8 Å². The van der Waals surface area contributed by atoms with Crippen molar-refractivity contribution in [3.63, 3.8) is 0 Å².